The summed E-state index contributed by atoms with van der Waals surface area (Å²) in [5, 5.41) is 3.03. The highest BCUT2D eigenvalue weighted by Gasteiger charge is 2.07. The first kappa shape index (κ1) is 12.4. The predicted molar refractivity (Wildman–Crippen MR) is 64.5 cm³/mol. The third kappa shape index (κ3) is 3.46. The van der Waals surface area contributed by atoms with Gasteiger partial charge in [0.25, 0.3) is 0 Å². The quantitative estimate of drug-likeness (QED) is 0.850. The number of carbonyl (C=O) groups excluding carboxylic acids is 1. The summed E-state index contributed by atoms with van der Waals surface area (Å²) in [5.74, 6) is 0. The Kier molecular flexibility index (Phi) is 4.64. The SMILES string of the molecule is CCN(C)C(=O)OCc1ccc(NC)cc1. The van der Waals surface area contributed by atoms with Crippen LogP contribution in [0.4, 0.5) is 10.5 Å². The molecule has 0 heterocycles. The van der Waals surface area contributed by atoms with Gasteiger partial charge in [-0.05, 0) is 24.6 Å². The van der Waals surface area contributed by atoms with E-state index in [2.05, 4.69) is 5.32 Å². The van der Waals surface area contributed by atoms with Crippen molar-refractivity contribution in [1.29, 1.82) is 0 Å². The number of anilines is 1. The minimum Gasteiger partial charge on any atom is -0.445 e. The highest BCUT2D eigenvalue weighted by molar-refractivity contribution is 5.67. The highest BCUT2D eigenvalue weighted by Crippen LogP contribution is 2.09. The predicted octanol–water partition coefficient (Wildman–Crippen LogP) is 2.32. The molecule has 16 heavy (non-hydrogen) atoms. The second-order valence-electron chi connectivity index (χ2n) is 3.52. The normalized spacial score (nSPS) is 9.69. The first-order chi connectivity index (χ1) is 7.67. The summed E-state index contributed by atoms with van der Waals surface area (Å²) >= 11 is 0. The van der Waals surface area contributed by atoms with Gasteiger partial charge in [-0.2, -0.15) is 0 Å². The van der Waals surface area contributed by atoms with Crippen LogP contribution < -0.4 is 5.32 Å². The molecule has 1 rings (SSSR count). The number of hydrogen-bond acceptors (Lipinski definition) is 3. The summed E-state index contributed by atoms with van der Waals surface area (Å²) in [5.41, 5.74) is 2.03. The molecule has 0 radical (unpaired) electrons. The average molecular weight is 222 g/mol. The minimum atomic E-state index is -0.291. The number of amides is 1. The summed E-state index contributed by atoms with van der Waals surface area (Å²) in [6.45, 7) is 2.87. The topological polar surface area (TPSA) is 41.6 Å². The molecule has 1 N–H and O–H groups in total. The summed E-state index contributed by atoms with van der Waals surface area (Å²) < 4.78 is 5.12. The number of carbonyl (C=O) groups is 1. The number of ether oxygens (including phenoxy) is 1. The summed E-state index contributed by atoms with van der Waals surface area (Å²) in [7, 11) is 3.58. The van der Waals surface area contributed by atoms with Gasteiger partial charge in [-0.3, -0.25) is 0 Å². The molecule has 0 aliphatic rings. The zero-order valence-corrected chi connectivity index (χ0v) is 9.99. The Bertz CT molecular complexity index is 335. The van der Waals surface area contributed by atoms with E-state index in [0.29, 0.717) is 13.2 Å². The minimum absolute atomic E-state index is 0.291. The molecule has 1 aromatic carbocycles. The van der Waals surface area contributed by atoms with Crippen LogP contribution >= 0.6 is 0 Å². The van der Waals surface area contributed by atoms with Gasteiger partial charge < -0.3 is 15.0 Å². The monoisotopic (exact) mass is 222 g/mol. The maximum absolute atomic E-state index is 11.4. The van der Waals surface area contributed by atoms with Gasteiger partial charge in [-0.15, -0.1) is 0 Å². The van der Waals surface area contributed by atoms with E-state index in [0.717, 1.165) is 11.3 Å². The van der Waals surface area contributed by atoms with E-state index >= 15 is 0 Å². The van der Waals surface area contributed by atoms with Crippen LogP contribution in [0.1, 0.15) is 12.5 Å². The molecule has 0 fully saturated rings. The van der Waals surface area contributed by atoms with Crippen molar-refractivity contribution >= 4 is 11.8 Å². The van der Waals surface area contributed by atoms with E-state index in [1.54, 1.807) is 7.05 Å². The van der Waals surface area contributed by atoms with Crippen molar-refractivity contribution < 1.29 is 9.53 Å². The van der Waals surface area contributed by atoms with Crippen LogP contribution in [0.25, 0.3) is 0 Å². The average Bonchev–Trinajstić information content (AvgIpc) is 2.35. The molecule has 0 aromatic heterocycles. The second kappa shape index (κ2) is 6.00. The molecule has 0 aliphatic heterocycles. The molecule has 0 unspecified atom stereocenters. The first-order valence-electron chi connectivity index (χ1n) is 5.32. The fraction of sp³-hybridized carbons (Fsp3) is 0.417. The van der Waals surface area contributed by atoms with Crippen molar-refractivity contribution in [2.24, 2.45) is 0 Å². The molecule has 0 aliphatic carbocycles. The Morgan fingerprint density at radius 3 is 2.50 bits per heavy atom. The van der Waals surface area contributed by atoms with Crippen molar-refractivity contribution in [3.8, 4) is 0 Å². The molecule has 0 bridgehead atoms. The lowest BCUT2D eigenvalue weighted by Crippen LogP contribution is -2.26. The van der Waals surface area contributed by atoms with E-state index in [1.807, 2.05) is 38.2 Å². The fourth-order valence-corrected chi connectivity index (χ4v) is 1.15. The third-order valence-electron chi connectivity index (χ3n) is 2.39. The van der Waals surface area contributed by atoms with Crippen molar-refractivity contribution in [3.05, 3.63) is 29.8 Å². The van der Waals surface area contributed by atoms with Gasteiger partial charge in [-0.1, -0.05) is 12.1 Å². The van der Waals surface area contributed by atoms with Crippen molar-refractivity contribution in [2.45, 2.75) is 13.5 Å². The van der Waals surface area contributed by atoms with Crippen LogP contribution in [0.2, 0.25) is 0 Å². The molecule has 0 saturated carbocycles. The van der Waals surface area contributed by atoms with Crippen molar-refractivity contribution in [1.82, 2.24) is 4.90 Å². The number of benzene rings is 1. The van der Waals surface area contributed by atoms with Crippen LogP contribution in [0.3, 0.4) is 0 Å². The van der Waals surface area contributed by atoms with Crippen LogP contribution in [-0.2, 0) is 11.3 Å². The Morgan fingerprint density at radius 1 is 1.38 bits per heavy atom. The molecule has 0 spiro atoms. The maximum atomic E-state index is 11.4. The lowest BCUT2D eigenvalue weighted by atomic mass is 10.2. The van der Waals surface area contributed by atoms with E-state index in [4.69, 9.17) is 4.74 Å². The highest BCUT2D eigenvalue weighted by atomic mass is 16.6. The molecule has 1 aromatic rings. The van der Waals surface area contributed by atoms with Gasteiger partial charge in [0.1, 0.15) is 6.61 Å². The van der Waals surface area contributed by atoms with E-state index in [-0.39, 0.29) is 6.09 Å². The number of hydrogen-bond donors (Lipinski definition) is 1. The Hall–Kier alpha value is -1.71. The smallest absolute Gasteiger partial charge is 0.409 e. The van der Waals surface area contributed by atoms with E-state index in [1.165, 1.54) is 4.90 Å². The van der Waals surface area contributed by atoms with Gasteiger partial charge in [0.15, 0.2) is 0 Å². The molecule has 1 amide bonds. The van der Waals surface area contributed by atoms with Crippen LogP contribution in [-0.4, -0.2) is 31.6 Å². The maximum Gasteiger partial charge on any atom is 0.409 e. The molecular formula is C12H18N2O2. The van der Waals surface area contributed by atoms with Crippen molar-refractivity contribution in [2.75, 3.05) is 26.0 Å². The molecule has 0 atom stereocenters. The molecule has 0 saturated heterocycles. The van der Waals surface area contributed by atoms with Gasteiger partial charge in [0, 0.05) is 26.3 Å². The zero-order valence-electron chi connectivity index (χ0n) is 9.99. The van der Waals surface area contributed by atoms with Gasteiger partial charge >= 0.3 is 6.09 Å². The van der Waals surface area contributed by atoms with Crippen LogP contribution in [0, 0.1) is 0 Å². The Labute approximate surface area is 96.2 Å². The van der Waals surface area contributed by atoms with Gasteiger partial charge in [0.05, 0.1) is 0 Å². The zero-order chi connectivity index (χ0) is 12.0. The molecule has 88 valence electrons. The first-order valence-corrected chi connectivity index (χ1v) is 5.32. The van der Waals surface area contributed by atoms with Crippen LogP contribution in [0.15, 0.2) is 24.3 Å². The second-order valence-corrected chi connectivity index (χ2v) is 3.52. The Morgan fingerprint density at radius 2 is 2.00 bits per heavy atom. The number of nitrogens with zero attached hydrogens (tertiary/aromatic N) is 1. The third-order valence-corrected chi connectivity index (χ3v) is 2.39. The van der Waals surface area contributed by atoms with Crippen LogP contribution in [0.5, 0.6) is 0 Å². The van der Waals surface area contributed by atoms with E-state index < -0.39 is 0 Å². The summed E-state index contributed by atoms with van der Waals surface area (Å²) in [4.78, 5) is 12.9. The lowest BCUT2D eigenvalue weighted by molar-refractivity contribution is 0.106. The number of rotatable bonds is 4. The standard InChI is InChI=1S/C12H18N2O2/c1-4-14(3)12(15)16-9-10-5-7-11(13-2)8-6-10/h5-8,13H,4,9H2,1-3H3. The fourth-order valence-electron chi connectivity index (χ4n) is 1.15. The van der Waals surface area contributed by atoms with Gasteiger partial charge in [0.2, 0.25) is 0 Å². The summed E-state index contributed by atoms with van der Waals surface area (Å²) in [6.07, 6.45) is -0.291. The molecule has 4 heteroatoms. The van der Waals surface area contributed by atoms with E-state index in [9.17, 15) is 4.79 Å². The summed E-state index contributed by atoms with van der Waals surface area (Å²) in [6, 6.07) is 7.77. The van der Waals surface area contributed by atoms with Crippen molar-refractivity contribution in [3.63, 3.8) is 0 Å². The molecule has 4 nitrogen and oxygen atoms in total. The van der Waals surface area contributed by atoms with Gasteiger partial charge in [-0.25, -0.2) is 4.79 Å². The number of nitrogens with one attached hydrogen (secondary N) is 1. The Balaban J connectivity index is 2.45. The molecular weight excluding hydrogens is 204 g/mol. The lowest BCUT2D eigenvalue weighted by Gasteiger charge is -2.14. The largest absolute Gasteiger partial charge is 0.445 e.